The number of hydrogen-bond donors (Lipinski definition) is 1. The van der Waals surface area contributed by atoms with E-state index in [9.17, 15) is 0 Å². The van der Waals surface area contributed by atoms with Crippen LogP contribution in [0.5, 0.6) is 0 Å². The van der Waals surface area contributed by atoms with Crippen molar-refractivity contribution in [2.24, 2.45) is 0 Å². The van der Waals surface area contributed by atoms with Crippen molar-refractivity contribution in [3.63, 3.8) is 0 Å². The van der Waals surface area contributed by atoms with Crippen molar-refractivity contribution in [2.75, 3.05) is 5.73 Å². The Hall–Kier alpha value is -0.800. The van der Waals surface area contributed by atoms with Crippen LogP contribution in [-0.4, -0.2) is 4.98 Å². The van der Waals surface area contributed by atoms with Crippen LogP contribution in [0.3, 0.4) is 0 Å². The SMILES string of the molecule is Nc1sc2ncccc2c1Cl. The quantitative estimate of drug-likeness (QED) is 0.684. The number of thiophene rings is 1. The summed E-state index contributed by atoms with van der Waals surface area (Å²) in [6, 6.07) is 3.76. The molecule has 0 saturated carbocycles. The fourth-order valence-corrected chi connectivity index (χ4v) is 2.05. The van der Waals surface area contributed by atoms with Crippen LogP contribution in [0.4, 0.5) is 5.00 Å². The molecule has 0 saturated heterocycles. The van der Waals surface area contributed by atoms with E-state index in [-0.39, 0.29) is 0 Å². The van der Waals surface area contributed by atoms with Gasteiger partial charge in [0.05, 0.1) is 5.02 Å². The zero-order chi connectivity index (χ0) is 7.84. The molecule has 0 aromatic carbocycles. The predicted molar refractivity (Wildman–Crippen MR) is 49.0 cm³/mol. The molecule has 0 atom stereocenters. The summed E-state index contributed by atoms with van der Waals surface area (Å²) in [6.45, 7) is 0. The number of nitrogens with two attached hydrogens (primary N) is 1. The largest absolute Gasteiger partial charge is 0.389 e. The molecule has 0 radical (unpaired) electrons. The molecule has 0 bridgehead atoms. The van der Waals surface area contributed by atoms with E-state index in [1.54, 1.807) is 6.20 Å². The lowest BCUT2D eigenvalue weighted by Crippen LogP contribution is -1.76. The van der Waals surface area contributed by atoms with Gasteiger partial charge in [0.1, 0.15) is 9.83 Å². The minimum absolute atomic E-state index is 0.623. The Bertz CT molecular complexity index is 396. The minimum atomic E-state index is 0.623. The summed E-state index contributed by atoms with van der Waals surface area (Å²) in [5.41, 5.74) is 5.60. The smallest absolute Gasteiger partial charge is 0.126 e. The molecule has 2 N–H and O–H groups in total. The van der Waals surface area contributed by atoms with Crippen LogP contribution in [0.1, 0.15) is 0 Å². The highest BCUT2D eigenvalue weighted by molar-refractivity contribution is 7.23. The standard InChI is InChI=1S/C7H5ClN2S/c8-5-4-2-1-3-10-7(4)11-6(5)9/h1-3H,9H2. The number of halogens is 1. The summed E-state index contributed by atoms with van der Waals surface area (Å²) in [6.07, 6.45) is 1.73. The molecule has 2 nitrogen and oxygen atoms in total. The van der Waals surface area contributed by atoms with Crippen LogP contribution >= 0.6 is 22.9 Å². The maximum atomic E-state index is 5.89. The molecule has 2 rings (SSSR count). The average Bonchev–Trinajstić information content (AvgIpc) is 2.30. The number of nitrogen functional groups attached to an aromatic ring is 1. The van der Waals surface area contributed by atoms with Gasteiger partial charge in [-0.05, 0) is 12.1 Å². The van der Waals surface area contributed by atoms with Crippen LogP contribution in [0, 0.1) is 0 Å². The second-order valence-electron chi connectivity index (χ2n) is 2.14. The van der Waals surface area contributed by atoms with Gasteiger partial charge >= 0.3 is 0 Å². The van der Waals surface area contributed by atoms with Gasteiger partial charge in [-0.1, -0.05) is 22.9 Å². The van der Waals surface area contributed by atoms with Crippen LogP contribution in [0.15, 0.2) is 18.3 Å². The molecule has 2 heterocycles. The second-order valence-corrected chi connectivity index (χ2v) is 3.55. The zero-order valence-corrected chi connectivity index (χ0v) is 7.12. The van der Waals surface area contributed by atoms with Gasteiger partial charge in [0.25, 0.3) is 0 Å². The Balaban J connectivity index is 2.92. The van der Waals surface area contributed by atoms with E-state index in [1.807, 2.05) is 12.1 Å². The fraction of sp³-hybridized carbons (Fsp3) is 0. The third kappa shape index (κ3) is 0.968. The van der Waals surface area contributed by atoms with Gasteiger partial charge in [-0.2, -0.15) is 0 Å². The maximum absolute atomic E-state index is 5.89. The monoisotopic (exact) mass is 184 g/mol. The Morgan fingerprint density at radius 1 is 1.55 bits per heavy atom. The average molecular weight is 185 g/mol. The molecule has 11 heavy (non-hydrogen) atoms. The van der Waals surface area contributed by atoms with Gasteiger partial charge in [-0.25, -0.2) is 4.98 Å². The normalized spacial score (nSPS) is 10.6. The summed E-state index contributed by atoms with van der Waals surface area (Å²) in [5, 5.41) is 2.20. The number of anilines is 1. The van der Waals surface area contributed by atoms with Crippen molar-refractivity contribution in [3.05, 3.63) is 23.4 Å². The molecule has 4 heteroatoms. The first kappa shape index (κ1) is 6.88. The van der Waals surface area contributed by atoms with Crippen molar-refractivity contribution >= 4 is 38.2 Å². The number of pyridine rings is 1. The molecule has 2 aromatic heterocycles. The van der Waals surface area contributed by atoms with Crippen molar-refractivity contribution in [1.29, 1.82) is 0 Å². The molecule has 0 unspecified atom stereocenters. The number of rotatable bonds is 0. The molecule has 0 spiro atoms. The predicted octanol–water partition coefficient (Wildman–Crippen LogP) is 2.53. The molecular formula is C7H5ClN2S. The lowest BCUT2D eigenvalue weighted by atomic mass is 10.3. The highest BCUT2D eigenvalue weighted by atomic mass is 35.5. The minimum Gasteiger partial charge on any atom is -0.389 e. The van der Waals surface area contributed by atoms with Crippen molar-refractivity contribution in [3.8, 4) is 0 Å². The lowest BCUT2D eigenvalue weighted by molar-refractivity contribution is 1.45. The van der Waals surface area contributed by atoms with Gasteiger partial charge in [-0.15, -0.1) is 0 Å². The van der Waals surface area contributed by atoms with E-state index < -0.39 is 0 Å². The van der Waals surface area contributed by atoms with E-state index in [0.29, 0.717) is 10.0 Å². The van der Waals surface area contributed by atoms with E-state index in [1.165, 1.54) is 11.3 Å². The van der Waals surface area contributed by atoms with Gasteiger partial charge in [0.15, 0.2) is 0 Å². The third-order valence-electron chi connectivity index (χ3n) is 1.43. The van der Waals surface area contributed by atoms with E-state index in [2.05, 4.69) is 4.98 Å². The Morgan fingerprint density at radius 3 is 3.09 bits per heavy atom. The Labute approximate surface area is 72.6 Å². The maximum Gasteiger partial charge on any atom is 0.126 e. The van der Waals surface area contributed by atoms with Crippen LogP contribution in [-0.2, 0) is 0 Å². The highest BCUT2D eigenvalue weighted by Gasteiger charge is 2.06. The summed E-state index contributed by atoms with van der Waals surface area (Å²) in [4.78, 5) is 5.02. The van der Waals surface area contributed by atoms with Gasteiger partial charge in [-0.3, -0.25) is 0 Å². The fourth-order valence-electron chi connectivity index (χ4n) is 0.921. The first-order valence-corrected chi connectivity index (χ1v) is 4.27. The summed E-state index contributed by atoms with van der Waals surface area (Å²) < 4.78 is 0. The number of nitrogens with zero attached hydrogens (tertiary/aromatic N) is 1. The van der Waals surface area contributed by atoms with Crippen molar-refractivity contribution in [1.82, 2.24) is 4.98 Å². The summed E-state index contributed by atoms with van der Waals surface area (Å²) >= 11 is 7.30. The topological polar surface area (TPSA) is 38.9 Å². The number of fused-ring (bicyclic) bond motifs is 1. The molecule has 0 aliphatic carbocycles. The zero-order valence-electron chi connectivity index (χ0n) is 5.54. The van der Waals surface area contributed by atoms with Crippen LogP contribution < -0.4 is 5.73 Å². The van der Waals surface area contributed by atoms with Crippen LogP contribution in [0.25, 0.3) is 10.2 Å². The molecule has 0 aliphatic rings. The molecular weight excluding hydrogens is 180 g/mol. The second kappa shape index (κ2) is 2.36. The molecule has 2 aromatic rings. The Kier molecular flexibility index (Phi) is 1.47. The van der Waals surface area contributed by atoms with E-state index >= 15 is 0 Å². The number of hydrogen-bond acceptors (Lipinski definition) is 3. The lowest BCUT2D eigenvalue weighted by Gasteiger charge is -1.85. The van der Waals surface area contributed by atoms with Crippen molar-refractivity contribution in [2.45, 2.75) is 0 Å². The Morgan fingerprint density at radius 2 is 2.36 bits per heavy atom. The molecule has 0 amide bonds. The summed E-state index contributed by atoms with van der Waals surface area (Å²) in [7, 11) is 0. The molecule has 0 aliphatic heterocycles. The van der Waals surface area contributed by atoms with Crippen LogP contribution in [0.2, 0.25) is 5.02 Å². The van der Waals surface area contributed by atoms with Crippen molar-refractivity contribution < 1.29 is 0 Å². The molecule has 56 valence electrons. The van der Waals surface area contributed by atoms with E-state index in [0.717, 1.165) is 10.2 Å². The van der Waals surface area contributed by atoms with Gasteiger partial charge in [0, 0.05) is 11.6 Å². The molecule has 0 fully saturated rings. The third-order valence-corrected chi connectivity index (χ3v) is 2.89. The highest BCUT2D eigenvalue weighted by Crippen LogP contribution is 2.35. The van der Waals surface area contributed by atoms with E-state index in [4.69, 9.17) is 17.3 Å². The first-order chi connectivity index (χ1) is 5.29. The van der Waals surface area contributed by atoms with Gasteiger partial charge in [0.2, 0.25) is 0 Å². The summed E-state index contributed by atoms with van der Waals surface area (Å²) in [5.74, 6) is 0. The van der Waals surface area contributed by atoms with Gasteiger partial charge < -0.3 is 5.73 Å². The number of aromatic nitrogens is 1. The first-order valence-electron chi connectivity index (χ1n) is 3.07.